The van der Waals surface area contributed by atoms with Crippen molar-refractivity contribution in [2.45, 2.75) is 6.54 Å². The molecule has 0 spiro atoms. The summed E-state index contributed by atoms with van der Waals surface area (Å²) in [6, 6.07) is 8.05. The summed E-state index contributed by atoms with van der Waals surface area (Å²) < 4.78 is 9.85. The molecule has 0 aliphatic carbocycles. The van der Waals surface area contributed by atoms with Crippen molar-refractivity contribution < 1.29 is 14.3 Å². The third-order valence-corrected chi connectivity index (χ3v) is 3.08. The fraction of sp³-hybridized carbons (Fsp3) is 0.533. The molecule has 0 fully saturated rings. The molecule has 1 rings (SSSR count). The first-order chi connectivity index (χ1) is 9.55. The van der Waals surface area contributed by atoms with Crippen molar-refractivity contribution in [3.05, 3.63) is 29.8 Å². The Hall–Kier alpha value is -1.59. The van der Waals surface area contributed by atoms with Gasteiger partial charge in [-0.3, -0.25) is 9.69 Å². The van der Waals surface area contributed by atoms with Gasteiger partial charge in [-0.2, -0.15) is 0 Å². The predicted octanol–water partition coefficient (Wildman–Crippen LogP) is 1.23. The second-order valence-electron chi connectivity index (χ2n) is 4.90. The summed E-state index contributed by atoms with van der Waals surface area (Å²) >= 11 is 0. The highest BCUT2D eigenvalue weighted by Gasteiger charge is 2.07. The molecule has 112 valence electrons. The average Bonchev–Trinajstić information content (AvgIpc) is 2.45. The number of esters is 1. The van der Waals surface area contributed by atoms with Crippen LogP contribution in [-0.4, -0.2) is 63.7 Å². The Morgan fingerprint density at radius 3 is 2.50 bits per heavy atom. The minimum Gasteiger partial charge on any atom is -0.497 e. The van der Waals surface area contributed by atoms with E-state index in [4.69, 9.17) is 4.74 Å². The lowest BCUT2D eigenvalue weighted by Crippen LogP contribution is -2.34. The van der Waals surface area contributed by atoms with Gasteiger partial charge in [0.15, 0.2) is 0 Å². The van der Waals surface area contributed by atoms with Gasteiger partial charge in [-0.25, -0.2) is 0 Å². The van der Waals surface area contributed by atoms with Crippen molar-refractivity contribution in [1.29, 1.82) is 0 Å². The molecule has 1 aromatic rings. The van der Waals surface area contributed by atoms with E-state index in [1.807, 2.05) is 30.1 Å². The normalized spacial score (nSPS) is 10.9. The van der Waals surface area contributed by atoms with Crippen LogP contribution in [0.25, 0.3) is 0 Å². The molecule has 0 atom stereocenters. The highest BCUT2D eigenvalue weighted by atomic mass is 16.5. The van der Waals surface area contributed by atoms with E-state index >= 15 is 0 Å². The highest BCUT2D eigenvalue weighted by Crippen LogP contribution is 2.13. The van der Waals surface area contributed by atoms with Crippen LogP contribution in [0.2, 0.25) is 0 Å². The molecular formula is C15H24N2O3. The van der Waals surface area contributed by atoms with E-state index in [1.54, 1.807) is 7.11 Å². The Bertz CT molecular complexity index is 423. The smallest absolute Gasteiger partial charge is 0.319 e. The Morgan fingerprint density at radius 2 is 1.85 bits per heavy atom. The zero-order valence-electron chi connectivity index (χ0n) is 12.8. The van der Waals surface area contributed by atoms with Gasteiger partial charge in [0.05, 0.1) is 20.8 Å². The molecule has 20 heavy (non-hydrogen) atoms. The number of likely N-dealkylation sites (N-methyl/N-ethyl adjacent to an activating group) is 2. The van der Waals surface area contributed by atoms with Crippen LogP contribution in [0.4, 0.5) is 0 Å². The number of hydrogen-bond donors (Lipinski definition) is 0. The lowest BCUT2D eigenvalue weighted by atomic mass is 10.2. The van der Waals surface area contributed by atoms with Crippen molar-refractivity contribution in [1.82, 2.24) is 9.80 Å². The maximum atomic E-state index is 11.1. The number of hydrogen-bond acceptors (Lipinski definition) is 5. The van der Waals surface area contributed by atoms with Crippen molar-refractivity contribution in [3.63, 3.8) is 0 Å². The van der Waals surface area contributed by atoms with Gasteiger partial charge < -0.3 is 14.4 Å². The van der Waals surface area contributed by atoms with Gasteiger partial charge in [0.1, 0.15) is 5.75 Å². The first-order valence-electron chi connectivity index (χ1n) is 6.62. The van der Waals surface area contributed by atoms with E-state index in [2.05, 4.69) is 22.8 Å². The molecule has 0 N–H and O–H groups in total. The summed E-state index contributed by atoms with van der Waals surface area (Å²) in [5.41, 5.74) is 1.21. The van der Waals surface area contributed by atoms with Crippen LogP contribution >= 0.6 is 0 Å². The van der Waals surface area contributed by atoms with Crippen LogP contribution < -0.4 is 4.74 Å². The largest absolute Gasteiger partial charge is 0.497 e. The van der Waals surface area contributed by atoms with Crippen molar-refractivity contribution >= 4 is 5.97 Å². The number of carbonyl (C=O) groups excluding carboxylic acids is 1. The first-order valence-corrected chi connectivity index (χ1v) is 6.62. The van der Waals surface area contributed by atoms with Gasteiger partial charge in [-0.05, 0) is 31.8 Å². The monoisotopic (exact) mass is 280 g/mol. The van der Waals surface area contributed by atoms with Crippen LogP contribution in [-0.2, 0) is 16.1 Å². The summed E-state index contributed by atoms with van der Waals surface area (Å²) in [6.45, 7) is 2.87. The van der Waals surface area contributed by atoms with E-state index in [9.17, 15) is 4.79 Å². The molecular weight excluding hydrogens is 256 g/mol. The Labute approximate surface area is 121 Å². The average molecular weight is 280 g/mol. The maximum absolute atomic E-state index is 11.1. The zero-order valence-corrected chi connectivity index (χ0v) is 12.8. The zero-order chi connectivity index (χ0) is 15.0. The number of methoxy groups -OCH3 is 2. The molecule has 0 unspecified atom stereocenters. The fourth-order valence-corrected chi connectivity index (χ4v) is 1.87. The summed E-state index contributed by atoms with van der Waals surface area (Å²) in [7, 11) is 7.05. The van der Waals surface area contributed by atoms with E-state index in [1.165, 1.54) is 12.7 Å². The molecule has 0 amide bonds. The molecule has 5 nitrogen and oxygen atoms in total. The van der Waals surface area contributed by atoms with Gasteiger partial charge >= 0.3 is 5.97 Å². The molecule has 0 aliphatic rings. The van der Waals surface area contributed by atoms with Crippen LogP contribution in [0.1, 0.15) is 5.56 Å². The van der Waals surface area contributed by atoms with E-state index in [0.29, 0.717) is 6.54 Å². The number of nitrogens with zero attached hydrogens (tertiary/aromatic N) is 2. The second kappa shape index (κ2) is 8.55. The minimum absolute atomic E-state index is 0.206. The molecule has 0 bridgehead atoms. The molecule has 0 aliphatic heterocycles. The summed E-state index contributed by atoms with van der Waals surface area (Å²) in [5, 5.41) is 0. The molecule has 0 saturated carbocycles. The van der Waals surface area contributed by atoms with Crippen LogP contribution in [0.15, 0.2) is 24.3 Å². The topological polar surface area (TPSA) is 42.0 Å². The number of ether oxygens (including phenoxy) is 2. The van der Waals surface area contributed by atoms with Crippen molar-refractivity contribution in [2.24, 2.45) is 0 Å². The fourth-order valence-electron chi connectivity index (χ4n) is 1.87. The lowest BCUT2D eigenvalue weighted by Gasteiger charge is -2.21. The summed E-state index contributed by atoms with van der Waals surface area (Å²) in [5.74, 6) is 0.668. The maximum Gasteiger partial charge on any atom is 0.319 e. The van der Waals surface area contributed by atoms with E-state index in [0.717, 1.165) is 25.4 Å². The number of carbonyl (C=O) groups is 1. The Balaban J connectivity index is 2.35. The Morgan fingerprint density at radius 1 is 1.15 bits per heavy atom. The van der Waals surface area contributed by atoms with Gasteiger partial charge in [0.25, 0.3) is 0 Å². The quantitative estimate of drug-likeness (QED) is 0.670. The molecule has 0 saturated heterocycles. The predicted molar refractivity (Wildman–Crippen MR) is 78.8 cm³/mol. The number of rotatable bonds is 8. The standard InChI is InChI=1S/C15H24N2O3/c1-16(8-9-17(2)12-15(18)20-4)11-13-6-5-7-14(10-13)19-3/h5-7,10H,8-9,11-12H2,1-4H3. The van der Waals surface area contributed by atoms with E-state index < -0.39 is 0 Å². The molecule has 0 aromatic heterocycles. The van der Waals surface area contributed by atoms with Crippen molar-refractivity contribution in [3.8, 4) is 5.75 Å². The third kappa shape index (κ3) is 6.04. The van der Waals surface area contributed by atoms with Crippen LogP contribution in [0.5, 0.6) is 5.75 Å². The van der Waals surface area contributed by atoms with Gasteiger partial charge in [-0.1, -0.05) is 12.1 Å². The van der Waals surface area contributed by atoms with Gasteiger partial charge in [0.2, 0.25) is 0 Å². The minimum atomic E-state index is -0.206. The number of benzene rings is 1. The van der Waals surface area contributed by atoms with Gasteiger partial charge in [0, 0.05) is 19.6 Å². The second-order valence-corrected chi connectivity index (χ2v) is 4.90. The highest BCUT2D eigenvalue weighted by molar-refractivity contribution is 5.71. The van der Waals surface area contributed by atoms with Crippen molar-refractivity contribution in [2.75, 3.05) is 47.9 Å². The molecule has 0 heterocycles. The van der Waals surface area contributed by atoms with E-state index in [-0.39, 0.29) is 5.97 Å². The summed E-state index contributed by atoms with van der Waals surface area (Å²) in [6.07, 6.45) is 0. The third-order valence-electron chi connectivity index (χ3n) is 3.08. The summed E-state index contributed by atoms with van der Waals surface area (Å²) in [4.78, 5) is 15.3. The van der Waals surface area contributed by atoms with Crippen LogP contribution in [0.3, 0.4) is 0 Å². The van der Waals surface area contributed by atoms with Crippen LogP contribution in [0, 0.1) is 0 Å². The Kier molecular flexibility index (Phi) is 7.04. The lowest BCUT2D eigenvalue weighted by molar-refractivity contribution is -0.141. The molecule has 0 radical (unpaired) electrons. The SMILES string of the molecule is COC(=O)CN(C)CCN(C)Cc1cccc(OC)c1. The molecule has 1 aromatic carbocycles. The molecule has 5 heteroatoms. The van der Waals surface area contributed by atoms with Gasteiger partial charge in [-0.15, -0.1) is 0 Å². The first kappa shape index (κ1) is 16.5.